The van der Waals surface area contributed by atoms with E-state index in [2.05, 4.69) is 33.9 Å². The van der Waals surface area contributed by atoms with Gasteiger partial charge in [0.1, 0.15) is 12.0 Å². The number of likely N-dealkylation sites (tertiary alicyclic amines) is 1. The number of esters is 1. The van der Waals surface area contributed by atoms with E-state index >= 15 is 0 Å². The molecule has 5 nitrogen and oxygen atoms in total. The number of carbonyl (C=O) groups is 2. The number of hydrogen-bond donors (Lipinski definition) is 0. The topological polar surface area (TPSA) is 55.8 Å². The van der Waals surface area contributed by atoms with Gasteiger partial charge in [0, 0.05) is 6.54 Å². The minimum atomic E-state index is -2.21. The van der Waals surface area contributed by atoms with Crippen molar-refractivity contribution in [2.24, 2.45) is 5.92 Å². The molecule has 1 saturated heterocycles. The van der Waals surface area contributed by atoms with Crippen LogP contribution in [-0.4, -0.2) is 44.9 Å². The second-order valence-electron chi connectivity index (χ2n) is 8.51. The molecule has 1 amide bonds. The largest absolute Gasteiger partial charge is 0.469 e. The van der Waals surface area contributed by atoms with Crippen LogP contribution in [0.1, 0.15) is 39.3 Å². The molecule has 0 radical (unpaired) electrons. The molecular formula is C20H31NO4Si. The van der Waals surface area contributed by atoms with Crippen molar-refractivity contribution in [3.8, 4) is 0 Å². The quantitative estimate of drug-likeness (QED) is 0.579. The Labute approximate surface area is 157 Å². The average Bonchev–Trinajstić information content (AvgIpc) is 2.89. The first-order valence-corrected chi connectivity index (χ1v) is 12.0. The van der Waals surface area contributed by atoms with E-state index in [9.17, 15) is 9.59 Å². The Bertz CT molecular complexity index is 654. The summed E-state index contributed by atoms with van der Waals surface area (Å²) in [6.45, 7) is 12.9. The van der Waals surface area contributed by atoms with E-state index in [4.69, 9.17) is 9.16 Å². The normalized spacial score (nSPS) is 22.4. The molecule has 1 heterocycles. The van der Waals surface area contributed by atoms with Gasteiger partial charge in [0.05, 0.1) is 13.2 Å². The van der Waals surface area contributed by atoms with Crippen molar-refractivity contribution in [2.75, 3.05) is 13.7 Å². The Hall–Kier alpha value is -1.66. The maximum atomic E-state index is 13.2. The highest BCUT2D eigenvalue weighted by molar-refractivity contribution is 6.74. The van der Waals surface area contributed by atoms with Crippen molar-refractivity contribution in [1.29, 1.82) is 0 Å². The molecular weight excluding hydrogens is 346 g/mol. The molecule has 26 heavy (non-hydrogen) atoms. The van der Waals surface area contributed by atoms with Crippen molar-refractivity contribution >= 4 is 20.2 Å². The number of nitrogens with zero attached hydrogens (tertiary/aromatic N) is 1. The highest BCUT2D eigenvalue weighted by Gasteiger charge is 2.51. The van der Waals surface area contributed by atoms with Crippen molar-refractivity contribution in [3.63, 3.8) is 0 Å². The van der Waals surface area contributed by atoms with E-state index in [1.165, 1.54) is 7.11 Å². The first-order chi connectivity index (χ1) is 12.0. The summed E-state index contributed by atoms with van der Waals surface area (Å²) in [6, 6.07) is 9.72. The second kappa shape index (κ2) is 7.52. The molecule has 1 aliphatic heterocycles. The molecule has 0 unspecified atom stereocenters. The molecule has 0 aromatic heterocycles. The number of rotatable bonds is 5. The Morgan fingerprint density at radius 1 is 1.23 bits per heavy atom. The van der Waals surface area contributed by atoms with Crippen LogP contribution < -0.4 is 0 Å². The maximum absolute atomic E-state index is 13.2. The number of amides is 1. The van der Waals surface area contributed by atoms with E-state index in [1.54, 1.807) is 4.90 Å². The fourth-order valence-corrected chi connectivity index (χ4v) is 4.22. The van der Waals surface area contributed by atoms with Crippen molar-refractivity contribution in [3.05, 3.63) is 35.9 Å². The Kier molecular flexibility index (Phi) is 5.98. The molecule has 1 aromatic carbocycles. The summed E-state index contributed by atoms with van der Waals surface area (Å²) >= 11 is 0. The fraction of sp³-hybridized carbons (Fsp3) is 0.600. The molecule has 3 atom stereocenters. The van der Waals surface area contributed by atoms with Gasteiger partial charge in [-0.1, -0.05) is 51.1 Å². The van der Waals surface area contributed by atoms with Gasteiger partial charge in [-0.05, 0) is 30.6 Å². The van der Waals surface area contributed by atoms with Gasteiger partial charge in [0.25, 0.3) is 5.91 Å². The van der Waals surface area contributed by atoms with E-state index in [0.717, 1.165) is 5.56 Å². The zero-order valence-electron chi connectivity index (χ0n) is 16.9. The number of methoxy groups -OCH3 is 1. The fourth-order valence-electron chi connectivity index (χ4n) is 2.97. The number of hydrogen-bond acceptors (Lipinski definition) is 4. The number of ether oxygens (including phenoxy) is 1. The minimum Gasteiger partial charge on any atom is -0.469 e. The lowest BCUT2D eigenvalue weighted by atomic mass is 10.1. The number of carbonyl (C=O) groups excluding carboxylic acids is 2. The second-order valence-corrected chi connectivity index (χ2v) is 13.3. The molecule has 0 bridgehead atoms. The maximum Gasteiger partial charge on any atom is 0.313 e. The first kappa shape index (κ1) is 20.6. The summed E-state index contributed by atoms with van der Waals surface area (Å²) in [5, 5.41) is -0.0492. The van der Waals surface area contributed by atoms with Crippen LogP contribution in [0.4, 0.5) is 0 Å². The third kappa shape index (κ3) is 4.01. The molecule has 144 valence electrons. The summed E-state index contributed by atoms with van der Waals surface area (Å²) in [6.07, 6.45) is -0.769. The van der Waals surface area contributed by atoms with Gasteiger partial charge in [0.2, 0.25) is 0 Å². The molecule has 1 aliphatic rings. The predicted molar refractivity (Wildman–Crippen MR) is 104 cm³/mol. The summed E-state index contributed by atoms with van der Waals surface area (Å²) in [7, 11) is -0.850. The standard InChI is InChI=1S/C20H31NO4Si/c1-14(15-11-9-8-10-12-15)21-13-16(19(23)24-5)17(18(21)22)25-26(6,7)20(2,3)4/h8-12,14,16-17H,13H2,1-7H3/t14-,16-,17-/m0/s1. The van der Waals surface area contributed by atoms with Gasteiger partial charge in [-0.2, -0.15) is 0 Å². The zero-order chi connectivity index (χ0) is 19.7. The van der Waals surface area contributed by atoms with Crippen LogP contribution in [-0.2, 0) is 18.8 Å². The smallest absolute Gasteiger partial charge is 0.313 e. The lowest BCUT2D eigenvalue weighted by molar-refractivity contribution is -0.149. The van der Waals surface area contributed by atoms with E-state index in [-0.39, 0.29) is 23.0 Å². The molecule has 0 spiro atoms. The van der Waals surface area contributed by atoms with Gasteiger partial charge in [-0.15, -0.1) is 0 Å². The van der Waals surface area contributed by atoms with E-state index in [0.29, 0.717) is 6.54 Å². The summed E-state index contributed by atoms with van der Waals surface area (Å²) in [5.74, 6) is -1.10. The SMILES string of the molecule is COC(=O)[C@H]1CN([C@@H](C)c2ccccc2)C(=O)[C@H]1O[Si](C)(C)C(C)(C)C. The third-order valence-electron chi connectivity index (χ3n) is 5.77. The van der Waals surface area contributed by atoms with Gasteiger partial charge < -0.3 is 14.1 Å². The molecule has 0 N–H and O–H groups in total. The van der Waals surface area contributed by atoms with Gasteiger partial charge >= 0.3 is 5.97 Å². The first-order valence-electron chi connectivity index (χ1n) is 9.10. The average molecular weight is 378 g/mol. The Morgan fingerprint density at radius 3 is 2.31 bits per heavy atom. The van der Waals surface area contributed by atoms with Gasteiger partial charge in [-0.25, -0.2) is 0 Å². The molecule has 1 fully saturated rings. The van der Waals surface area contributed by atoms with Crippen LogP contribution in [0.25, 0.3) is 0 Å². The Morgan fingerprint density at radius 2 is 1.81 bits per heavy atom. The Balaban J connectivity index is 2.31. The lowest BCUT2D eigenvalue weighted by Crippen LogP contribution is -2.48. The summed E-state index contributed by atoms with van der Waals surface area (Å²) in [4.78, 5) is 27.3. The van der Waals surface area contributed by atoms with Gasteiger partial charge in [-0.3, -0.25) is 9.59 Å². The summed E-state index contributed by atoms with van der Waals surface area (Å²) in [5.41, 5.74) is 1.04. The zero-order valence-corrected chi connectivity index (χ0v) is 17.9. The molecule has 1 aromatic rings. The van der Waals surface area contributed by atoms with Crippen molar-refractivity contribution < 1.29 is 18.8 Å². The van der Waals surface area contributed by atoms with Crippen LogP contribution in [0, 0.1) is 5.92 Å². The molecule has 0 saturated carbocycles. The van der Waals surface area contributed by atoms with Gasteiger partial charge in [0.15, 0.2) is 8.32 Å². The van der Waals surface area contributed by atoms with Crippen LogP contribution in [0.5, 0.6) is 0 Å². The van der Waals surface area contributed by atoms with Crippen LogP contribution in [0.2, 0.25) is 18.1 Å². The van der Waals surface area contributed by atoms with Crippen LogP contribution >= 0.6 is 0 Å². The number of benzene rings is 1. The highest BCUT2D eigenvalue weighted by Crippen LogP contribution is 2.40. The summed E-state index contributed by atoms with van der Waals surface area (Å²) < 4.78 is 11.3. The monoisotopic (exact) mass is 377 g/mol. The molecule has 2 rings (SSSR count). The van der Waals surface area contributed by atoms with Crippen LogP contribution in [0.15, 0.2) is 30.3 Å². The highest BCUT2D eigenvalue weighted by atomic mass is 28.4. The minimum absolute atomic E-state index is 0.0492. The predicted octanol–water partition coefficient (Wildman–Crippen LogP) is 3.77. The molecule has 0 aliphatic carbocycles. The van der Waals surface area contributed by atoms with Crippen molar-refractivity contribution in [2.45, 2.75) is 58.0 Å². The lowest BCUT2D eigenvalue weighted by Gasteiger charge is -2.38. The van der Waals surface area contributed by atoms with Crippen LogP contribution in [0.3, 0.4) is 0 Å². The molecule has 6 heteroatoms. The third-order valence-corrected chi connectivity index (χ3v) is 10.2. The van der Waals surface area contributed by atoms with Crippen molar-refractivity contribution in [1.82, 2.24) is 4.90 Å². The van der Waals surface area contributed by atoms with E-state index < -0.39 is 20.3 Å². The van der Waals surface area contributed by atoms with E-state index in [1.807, 2.05) is 37.3 Å².